The van der Waals surface area contributed by atoms with E-state index in [1.807, 2.05) is 12.1 Å². The van der Waals surface area contributed by atoms with E-state index >= 15 is 0 Å². The van der Waals surface area contributed by atoms with Crippen LogP contribution in [0.5, 0.6) is 5.75 Å². The third-order valence-corrected chi connectivity index (χ3v) is 4.37. The number of carbonyl (C=O) groups is 2. The number of ether oxygens (including phenoxy) is 2. The van der Waals surface area contributed by atoms with Crippen LogP contribution in [-0.4, -0.2) is 77.0 Å². The highest BCUT2D eigenvalue weighted by molar-refractivity contribution is 5.79. The van der Waals surface area contributed by atoms with Gasteiger partial charge in [0.1, 0.15) is 18.5 Å². The summed E-state index contributed by atoms with van der Waals surface area (Å²) < 4.78 is 11.2. The first-order valence-electron chi connectivity index (χ1n) is 10.5. The molecule has 176 valence electrons. The summed E-state index contributed by atoms with van der Waals surface area (Å²) in [6.45, 7) is 6.68. The predicted octanol–water partition coefficient (Wildman–Crippen LogP) is 1.30. The molecule has 0 aliphatic heterocycles. The number of aliphatic hydroxyl groups excluding tert-OH is 2. The Balaban J connectivity index is 0.000000452. The van der Waals surface area contributed by atoms with Crippen LogP contribution in [0.25, 0.3) is 0 Å². The Kier molecular flexibility index (Phi) is 12.8. The van der Waals surface area contributed by atoms with Crippen molar-refractivity contribution < 1.29 is 39.5 Å². The van der Waals surface area contributed by atoms with Crippen LogP contribution in [0.4, 0.5) is 0 Å². The Hall–Kier alpha value is -2.20. The lowest BCUT2D eigenvalue weighted by Crippen LogP contribution is -2.35. The first-order chi connectivity index (χ1) is 14.7. The standard InChI is InChI=1S/C18H29NO3.C4H6O5/c1-14(2)19-11-17(20)13-22-18-7-5-15(6-8-18)9-10-21-12-16-3-4-16;5-2(4(8)9)1-3(6)7/h5-8,14,16-17,19-20H,3-4,9-13H2,1-2H3;2,5H,1H2,(H,6,7)(H,8,9). The van der Waals surface area contributed by atoms with Crippen molar-refractivity contribution in [2.75, 3.05) is 26.4 Å². The largest absolute Gasteiger partial charge is 0.491 e. The molecule has 1 aliphatic carbocycles. The second-order valence-corrected chi connectivity index (χ2v) is 7.89. The molecule has 1 aromatic carbocycles. The molecule has 9 nitrogen and oxygen atoms in total. The first-order valence-corrected chi connectivity index (χ1v) is 10.5. The minimum Gasteiger partial charge on any atom is -0.491 e. The van der Waals surface area contributed by atoms with Crippen LogP contribution in [0.3, 0.4) is 0 Å². The fourth-order valence-corrected chi connectivity index (χ4v) is 2.35. The zero-order chi connectivity index (χ0) is 23.2. The zero-order valence-corrected chi connectivity index (χ0v) is 18.2. The van der Waals surface area contributed by atoms with Gasteiger partial charge in [-0.1, -0.05) is 26.0 Å². The summed E-state index contributed by atoms with van der Waals surface area (Å²) in [5, 5.41) is 37.1. The van der Waals surface area contributed by atoms with Crippen LogP contribution in [0, 0.1) is 5.92 Å². The summed E-state index contributed by atoms with van der Waals surface area (Å²) in [5.41, 5.74) is 1.25. The highest BCUT2D eigenvalue weighted by Crippen LogP contribution is 2.28. The predicted molar refractivity (Wildman–Crippen MR) is 114 cm³/mol. The van der Waals surface area contributed by atoms with E-state index in [9.17, 15) is 14.7 Å². The summed E-state index contributed by atoms with van der Waals surface area (Å²) >= 11 is 0. The van der Waals surface area contributed by atoms with Crippen LogP contribution in [0.2, 0.25) is 0 Å². The fourth-order valence-electron chi connectivity index (χ4n) is 2.35. The minimum absolute atomic E-state index is 0.309. The number of rotatable bonds is 14. The van der Waals surface area contributed by atoms with Crippen molar-refractivity contribution in [3.05, 3.63) is 29.8 Å². The number of hydrogen-bond acceptors (Lipinski definition) is 7. The van der Waals surface area contributed by atoms with Crippen LogP contribution < -0.4 is 10.1 Å². The number of nitrogens with one attached hydrogen (secondary N) is 1. The van der Waals surface area contributed by atoms with E-state index in [4.69, 9.17) is 24.8 Å². The van der Waals surface area contributed by atoms with E-state index in [2.05, 4.69) is 31.3 Å². The van der Waals surface area contributed by atoms with Crippen molar-refractivity contribution in [3.63, 3.8) is 0 Å². The molecule has 5 N–H and O–H groups in total. The average molecular weight is 442 g/mol. The monoisotopic (exact) mass is 441 g/mol. The number of carboxylic acids is 2. The SMILES string of the molecule is CC(C)NCC(O)COc1ccc(CCOCC2CC2)cc1.O=C(O)CC(O)C(=O)O. The molecule has 0 heterocycles. The van der Waals surface area contributed by atoms with Gasteiger partial charge < -0.3 is 35.2 Å². The summed E-state index contributed by atoms with van der Waals surface area (Å²) in [7, 11) is 0. The van der Waals surface area contributed by atoms with Gasteiger partial charge in [-0.05, 0) is 42.9 Å². The maximum atomic E-state index is 9.80. The molecule has 9 heteroatoms. The van der Waals surface area contributed by atoms with Gasteiger partial charge in [0.05, 0.1) is 13.0 Å². The maximum absolute atomic E-state index is 9.80. The molecule has 0 aromatic heterocycles. The Bertz CT molecular complexity index is 645. The maximum Gasteiger partial charge on any atom is 0.333 e. The molecule has 0 saturated heterocycles. The third kappa shape index (κ3) is 14.4. The van der Waals surface area contributed by atoms with Gasteiger partial charge in [-0.2, -0.15) is 0 Å². The molecule has 31 heavy (non-hydrogen) atoms. The number of benzene rings is 1. The van der Waals surface area contributed by atoms with Crippen LogP contribution in [0.15, 0.2) is 24.3 Å². The zero-order valence-electron chi connectivity index (χ0n) is 18.2. The number of carboxylic acid groups (broad SMARTS) is 2. The van der Waals surface area contributed by atoms with Crippen LogP contribution >= 0.6 is 0 Å². The van der Waals surface area contributed by atoms with E-state index in [1.54, 1.807) is 0 Å². The Morgan fingerprint density at radius 2 is 1.77 bits per heavy atom. The summed E-state index contributed by atoms with van der Waals surface area (Å²) in [6.07, 6.45) is 0.582. The normalized spacial score (nSPS) is 15.0. The van der Waals surface area contributed by atoms with Crippen molar-refractivity contribution in [2.45, 2.75) is 57.8 Å². The summed E-state index contributed by atoms with van der Waals surface area (Å²) in [4.78, 5) is 19.4. The molecule has 0 radical (unpaired) electrons. The second kappa shape index (κ2) is 14.7. The lowest BCUT2D eigenvalue weighted by Gasteiger charge is -2.15. The topological polar surface area (TPSA) is 146 Å². The summed E-state index contributed by atoms with van der Waals surface area (Å²) in [5.74, 6) is -1.22. The van der Waals surface area contributed by atoms with E-state index in [0.717, 1.165) is 31.3 Å². The third-order valence-electron chi connectivity index (χ3n) is 4.37. The summed E-state index contributed by atoms with van der Waals surface area (Å²) in [6, 6.07) is 8.41. The van der Waals surface area contributed by atoms with Gasteiger partial charge in [0.25, 0.3) is 0 Å². The van der Waals surface area contributed by atoms with Crippen molar-refractivity contribution in [2.24, 2.45) is 5.92 Å². The average Bonchev–Trinajstić information content (AvgIpc) is 3.53. The van der Waals surface area contributed by atoms with E-state index in [1.165, 1.54) is 18.4 Å². The molecule has 0 spiro atoms. The fraction of sp³-hybridized carbons (Fsp3) is 0.636. The Morgan fingerprint density at radius 1 is 1.13 bits per heavy atom. The highest BCUT2D eigenvalue weighted by atomic mass is 16.5. The molecular formula is C22H35NO8. The van der Waals surface area contributed by atoms with E-state index in [0.29, 0.717) is 19.2 Å². The van der Waals surface area contributed by atoms with Gasteiger partial charge >= 0.3 is 11.9 Å². The number of hydrogen-bond donors (Lipinski definition) is 5. The van der Waals surface area contributed by atoms with Crippen LogP contribution in [-0.2, 0) is 20.7 Å². The smallest absolute Gasteiger partial charge is 0.333 e. The van der Waals surface area contributed by atoms with Crippen molar-refractivity contribution >= 4 is 11.9 Å². The van der Waals surface area contributed by atoms with Gasteiger partial charge in [0, 0.05) is 19.2 Å². The van der Waals surface area contributed by atoms with Crippen molar-refractivity contribution in [1.82, 2.24) is 5.32 Å². The molecule has 2 atom stereocenters. The quantitative estimate of drug-likeness (QED) is 0.270. The first kappa shape index (κ1) is 26.8. The molecular weight excluding hydrogens is 406 g/mol. The molecule has 2 rings (SSSR count). The van der Waals surface area contributed by atoms with Crippen molar-refractivity contribution in [1.29, 1.82) is 0 Å². The molecule has 2 unspecified atom stereocenters. The number of aliphatic carboxylic acids is 2. The number of aliphatic hydroxyl groups is 2. The van der Waals surface area contributed by atoms with E-state index in [-0.39, 0.29) is 0 Å². The lowest BCUT2D eigenvalue weighted by atomic mass is 10.1. The van der Waals surface area contributed by atoms with E-state index < -0.39 is 30.6 Å². The second-order valence-electron chi connectivity index (χ2n) is 7.89. The van der Waals surface area contributed by atoms with Crippen LogP contribution in [0.1, 0.15) is 38.7 Å². The molecule has 1 saturated carbocycles. The molecule has 1 aliphatic rings. The Morgan fingerprint density at radius 3 is 2.26 bits per heavy atom. The van der Waals surface area contributed by atoms with Gasteiger partial charge in [0.15, 0.2) is 6.10 Å². The molecule has 1 aromatic rings. The molecule has 0 bridgehead atoms. The van der Waals surface area contributed by atoms with Gasteiger partial charge in [-0.15, -0.1) is 0 Å². The van der Waals surface area contributed by atoms with Gasteiger partial charge in [0.2, 0.25) is 0 Å². The molecule has 0 amide bonds. The van der Waals surface area contributed by atoms with Crippen molar-refractivity contribution in [3.8, 4) is 5.75 Å². The Labute approximate surface area is 183 Å². The van der Waals surface area contributed by atoms with Gasteiger partial charge in [-0.25, -0.2) is 4.79 Å². The highest BCUT2D eigenvalue weighted by Gasteiger charge is 2.20. The minimum atomic E-state index is -1.79. The van der Waals surface area contributed by atoms with Gasteiger partial charge in [-0.3, -0.25) is 4.79 Å². The lowest BCUT2D eigenvalue weighted by molar-refractivity contribution is -0.152. The molecule has 1 fully saturated rings.